The number of ether oxygens (including phenoxy) is 1. The summed E-state index contributed by atoms with van der Waals surface area (Å²) in [5, 5.41) is 21.4. The summed E-state index contributed by atoms with van der Waals surface area (Å²) in [6.07, 6.45) is 0. The number of hydrogen-bond donors (Lipinski definition) is 3. The van der Waals surface area contributed by atoms with Crippen molar-refractivity contribution in [3.63, 3.8) is 0 Å². The molecule has 0 saturated heterocycles. The maximum Gasteiger partial charge on any atom is 0.336 e. The minimum Gasteiger partial charge on any atom is -0.478 e. The molecule has 4 aromatic carbocycles. The van der Waals surface area contributed by atoms with E-state index in [1.165, 1.54) is 12.1 Å². The van der Waals surface area contributed by atoms with Crippen LogP contribution in [-0.2, 0) is 4.79 Å². The zero-order valence-corrected chi connectivity index (χ0v) is 18.4. The third kappa shape index (κ3) is 5.54. The number of anilines is 1. The number of rotatable bonds is 8. The molecule has 1 amide bonds. The first-order valence-corrected chi connectivity index (χ1v) is 10.7. The van der Waals surface area contributed by atoms with Crippen molar-refractivity contribution in [1.82, 2.24) is 0 Å². The first-order valence-electron chi connectivity index (χ1n) is 10.7. The highest BCUT2D eigenvalue weighted by molar-refractivity contribution is 6.02. The number of hydrogen-bond acceptors (Lipinski definition) is 4. The second-order valence-corrected chi connectivity index (χ2v) is 7.69. The molecule has 0 unspecified atom stereocenters. The molecule has 0 radical (unpaired) electrons. The van der Waals surface area contributed by atoms with Gasteiger partial charge in [-0.15, -0.1) is 0 Å². The molecule has 0 aliphatic carbocycles. The molecule has 4 rings (SSSR count). The van der Waals surface area contributed by atoms with Gasteiger partial charge in [-0.2, -0.15) is 0 Å². The molecule has 3 N–H and O–H groups in total. The Labute approximate surface area is 201 Å². The number of carbonyl (C=O) groups is 3. The number of carboxylic acids is 2. The maximum absolute atomic E-state index is 13.2. The monoisotopic (exact) mass is 467 g/mol. The van der Waals surface area contributed by atoms with E-state index in [2.05, 4.69) is 5.32 Å². The zero-order valence-electron chi connectivity index (χ0n) is 18.4. The topological polar surface area (TPSA) is 113 Å². The van der Waals surface area contributed by atoms with Crippen LogP contribution >= 0.6 is 0 Å². The number of carboxylic acid groups (broad SMARTS) is 2. The van der Waals surface area contributed by atoms with E-state index in [-0.39, 0.29) is 22.8 Å². The van der Waals surface area contributed by atoms with Crippen molar-refractivity contribution in [2.24, 2.45) is 0 Å². The van der Waals surface area contributed by atoms with Crippen molar-refractivity contribution in [3.05, 3.63) is 125 Å². The van der Waals surface area contributed by atoms with E-state index in [0.29, 0.717) is 11.4 Å². The lowest BCUT2D eigenvalue weighted by molar-refractivity contribution is -0.116. The van der Waals surface area contributed by atoms with Gasteiger partial charge in [-0.25, -0.2) is 9.59 Å². The van der Waals surface area contributed by atoms with Crippen LogP contribution in [0.1, 0.15) is 37.8 Å². The first-order chi connectivity index (χ1) is 16.9. The summed E-state index contributed by atoms with van der Waals surface area (Å²) < 4.78 is 5.68. The molecule has 7 heteroatoms. The van der Waals surface area contributed by atoms with E-state index < -0.39 is 17.9 Å². The average Bonchev–Trinajstić information content (AvgIpc) is 2.86. The molecule has 0 spiro atoms. The third-order valence-electron chi connectivity index (χ3n) is 5.34. The van der Waals surface area contributed by atoms with Crippen LogP contribution in [0.2, 0.25) is 0 Å². The fourth-order valence-corrected chi connectivity index (χ4v) is 3.69. The van der Waals surface area contributed by atoms with Gasteiger partial charge in [-0.05, 0) is 53.6 Å². The van der Waals surface area contributed by atoms with Crippen LogP contribution in [0.5, 0.6) is 11.5 Å². The first kappa shape index (κ1) is 23.3. The van der Waals surface area contributed by atoms with Gasteiger partial charge in [-0.3, -0.25) is 4.79 Å². The molecule has 174 valence electrons. The largest absolute Gasteiger partial charge is 0.478 e. The van der Waals surface area contributed by atoms with Crippen LogP contribution in [0.25, 0.3) is 0 Å². The fraction of sp³-hybridized carbons (Fsp3) is 0.0357. The summed E-state index contributed by atoms with van der Waals surface area (Å²) in [5.74, 6) is -2.81. The summed E-state index contributed by atoms with van der Waals surface area (Å²) in [5.41, 5.74) is 1.61. The highest BCUT2D eigenvalue weighted by atomic mass is 16.5. The molecule has 0 heterocycles. The van der Waals surface area contributed by atoms with Crippen LogP contribution in [0, 0.1) is 0 Å². The number of nitrogens with one attached hydrogen (secondary N) is 1. The lowest BCUT2D eigenvalue weighted by atomic mass is 9.90. The molecule has 4 aromatic rings. The second-order valence-electron chi connectivity index (χ2n) is 7.69. The number of aromatic carboxylic acids is 2. The number of amides is 1. The molecule has 0 aliphatic heterocycles. The van der Waals surface area contributed by atoms with Crippen molar-refractivity contribution >= 4 is 23.5 Å². The summed E-state index contributed by atoms with van der Waals surface area (Å²) in [7, 11) is 0. The van der Waals surface area contributed by atoms with E-state index in [1.54, 1.807) is 24.3 Å². The minimum atomic E-state index is -1.36. The van der Waals surface area contributed by atoms with Crippen molar-refractivity contribution in [3.8, 4) is 11.5 Å². The van der Waals surface area contributed by atoms with Crippen LogP contribution in [-0.4, -0.2) is 28.1 Å². The Morgan fingerprint density at radius 1 is 0.629 bits per heavy atom. The van der Waals surface area contributed by atoms with Crippen LogP contribution in [0.15, 0.2) is 103 Å². The Kier molecular flexibility index (Phi) is 6.88. The fourth-order valence-electron chi connectivity index (χ4n) is 3.69. The van der Waals surface area contributed by atoms with Crippen molar-refractivity contribution in [2.75, 3.05) is 5.32 Å². The van der Waals surface area contributed by atoms with E-state index in [4.69, 9.17) is 9.84 Å². The van der Waals surface area contributed by atoms with Gasteiger partial charge >= 0.3 is 11.9 Å². The lowest BCUT2D eigenvalue weighted by Gasteiger charge is -2.18. The van der Waals surface area contributed by atoms with Crippen LogP contribution in [0.4, 0.5) is 5.69 Å². The minimum absolute atomic E-state index is 0.178. The smallest absolute Gasteiger partial charge is 0.336 e. The molecule has 0 saturated carbocycles. The van der Waals surface area contributed by atoms with E-state index >= 15 is 0 Å². The van der Waals surface area contributed by atoms with E-state index in [1.807, 2.05) is 60.7 Å². The van der Waals surface area contributed by atoms with Gasteiger partial charge < -0.3 is 20.3 Å². The van der Waals surface area contributed by atoms with E-state index in [0.717, 1.165) is 17.2 Å². The van der Waals surface area contributed by atoms with Crippen LogP contribution < -0.4 is 10.1 Å². The predicted octanol–water partition coefficient (Wildman–Crippen LogP) is 5.65. The van der Waals surface area contributed by atoms with Gasteiger partial charge in [0.05, 0.1) is 17.0 Å². The van der Waals surface area contributed by atoms with Gasteiger partial charge in [0.25, 0.3) is 0 Å². The summed E-state index contributed by atoms with van der Waals surface area (Å²) in [6, 6.07) is 29.3. The number of carbonyl (C=O) groups excluding carboxylic acids is 1. The van der Waals surface area contributed by atoms with Gasteiger partial charge in [-0.1, -0.05) is 60.7 Å². The van der Waals surface area contributed by atoms with Gasteiger partial charge in [0.2, 0.25) is 5.91 Å². The van der Waals surface area contributed by atoms with Gasteiger partial charge in [0.1, 0.15) is 11.5 Å². The molecule has 0 fully saturated rings. The van der Waals surface area contributed by atoms with Gasteiger partial charge in [0.15, 0.2) is 0 Å². The Bertz CT molecular complexity index is 1310. The average molecular weight is 467 g/mol. The second kappa shape index (κ2) is 10.4. The molecule has 0 bridgehead atoms. The van der Waals surface area contributed by atoms with Crippen LogP contribution in [0.3, 0.4) is 0 Å². The van der Waals surface area contributed by atoms with Gasteiger partial charge in [0, 0.05) is 5.69 Å². The Hall–Kier alpha value is -4.91. The molecule has 0 aromatic heterocycles. The summed E-state index contributed by atoms with van der Waals surface area (Å²) >= 11 is 0. The summed E-state index contributed by atoms with van der Waals surface area (Å²) in [4.78, 5) is 35.8. The lowest BCUT2D eigenvalue weighted by Crippen LogP contribution is -2.22. The molecule has 35 heavy (non-hydrogen) atoms. The predicted molar refractivity (Wildman–Crippen MR) is 130 cm³/mol. The Morgan fingerprint density at radius 2 is 1.14 bits per heavy atom. The molecule has 7 nitrogen and oxygen atoms in total. The molecule has 0 aliphatic rings. The molecular weight excluding hydrogens is 446 g/mol. The Balaban J connectivity index is 1.51. The SMILES string of the molecule is O=C(O)c1ccc(Oc2ccc(NC(=O)C(c3ccccc3)c3ccccc3)cc2)cc1C(=O)O. The van der Waals surface area contributed by atoms with Crippen molar-refractivity contribution in [2.45, 2.75) is 5.92 Å². The zero-order chi connectivity index (χ0) is 24.8. The highest BCUT2D eigenvalue weighted by Crippen LogP contribution is 2.28. The summed E-state index contributed by atoms with van der Waals surface area (Å²) in [6.45, 7) is 0. The quantitative estimate of drug-likeness (QED) is 0.309. The maximum atomic E-state index is 13.2. The molecular formula is C28H21NO6. The highest BCUT2D eigenvalue weighted by Gasteiger charge is 2.22. The standard InChI is InChI=1S/C28H21NO6/c30-26(25(18-7-3-1-4-8-18)19-9-5-2-6-10-19)29-20-11-13-21(14-12-20)35-22-15-16-23(27(31)32)24(17-22)28(33)34/h1-17,25H,(H,29,30)(H,31,32)(H,33,34). The van der Waals surface area contributed by atoms with Crippen molar-refractivity contribution in [1.29, 1.82) is 0 Å². The Morgan fingerprint density at radius 3 is 1.66 bits per heavy atom. The molecule has 0 atom stereocenters. The number of benzene rings is 4. The third-order valence-corrected chi connectivity index (χ3v) is 5.34. The van der Waals surface area contributed by atoms with E-state index in [9.17, 15) is 19.5 Å². The normalized spacial score (nSPS) is 10.5. The van der Waals surface area contributed by atoms with Crippen molar-refractivity contribution < 1.29 is 29.3 Å².